The van der Waals surface area contributed by atoms with Crippen LogP contribution in [0.1, 0.15) is 10.4 Å². The van der Waals surface area contributed by atoms with Crippen LogP contribution < -0.4 is 0 Å². The molecule has 2 aliphatic carbocycles. The Morgan fingerprint density at radius 3 is 1.71 bits per heavy atom. The number of halogens is 2. The second kappa shape index (κ2) is 5.63. The third-order valence-electron chi connectivity index (χ3n) is 1.93. The smallest absolute Gasteiger partial charge is 0.150 e. The third kappa shape index (κ3) is 2.47. The van der Waals surface area contributed by atoms with Crippen molar-refractivity contribution in [2.24, 2.45) is 0 Å². The first kappa shape index (κ1) is 12.9. The van der Waals surface area contributed by atoms with Gasteiger partial charge in [-0.25, -0.2) is 0 Å². The van der Waals surface area contributed by atoms with E-state index in [1.54, 1.807) is 0 Å². The summed E-state index contributed by atoms with van der Waals surface area (Å²) in [5.41, 5.74) is 3.05. The summed E-state index contributed by atoms with van der Waals surface area (Å²) in [4.78, 5) is 10.4. The van der Waals surface area contributed by atoms with Crippen LogP contribution >= 0.6 is 24.8 Å². The minimum Gasteiger partial charge on any atom is -0.298 e. The molecule has 0 amide bonds. The van der Waals surface area contributed by atoms with Crippen LogP contribution in [0.5, 0.6) is 0 Å². The van der Waals surface area contributed by atoms with E-state index in [1.165, 1.54) is 11.1 Å². The minimum atomic E-state index is 0. The van der Waals surface area contributed by atoms with Gasteiger partial charge in [-0.1, -0.05) is 42.5 Å². The average molecular weight is 229 g/mol. The van der Waals surface area contributed by atoms with Crippen LogP contribution in [0.4, 0.5) is 0 Å². The number of aldehydes is 1. The van der Waals surface area contributed by atoms with Crippen LogP contribution in [0.3, 0.4) is 0 Å². The van der Waals surface area contributed by atoms with E-state index in [-0.39, 0.29) is 24.8 Å². The van der Waals surface area contributed by atoms with Gasteiger partial charge in [0, 0.05) is 5.56 Å². The molecule has 0 aromatic carbocycles. The van der Waals surface area contributed by atoms with Crippen molar-refractivity contribution in [3.8, 4) is 11.1 Å². The Morgan fingerprint density at radius 1 is 0.786 bits per heavy atom. The maximum atomic E-state index is 10.4. The van der Waals surface area contributed by atoms with Crippen LogP contribution in [0.2, 0.25) is 0 Å². The van der Waals surface area contributed by atoms with E-state index in [0.29, 0.717) is 5.56 Å². The summed E-state index contributed by atoms with van der Waals surface area (Å²) in [5.74, 6) is 0. The molecule has 0 heterocycles. The summed E-state index contributed by atoms with van der Waals surface area (Å²) in [7, 11) is 0. The second-order valence-electron chi connectivity index (χ2n) is 2.72. The number of carbonyl (C=O) groups excluding carboxylic acids is 1. The second-order valence-corrected chi connectivity index (χ2v) is 2.72. The highest BCUT2D eigenvalue weighted by atomic mass is 35.5. The van der Waals surface area contributed by atoms with Crippen LogP contribution in [-0.2, 0) is 0 Å². The number of hydrogen-bond acceptors (Lipinski definition) is 1. The Balaban J connectivity index is 0.000000845. The summed E-state index contributed by atoms with van der Waals surface area (Å²) in [5, 5.41) is 0. The van der Waals surface area contributed by atoms with Gasteiger partial charge in [0.25, 0.3) is 0 Å². The molecule has 3 heteroatoms. The highest BCUT2D eigenvalue weighted by molar-refractivity contribution is 5.85. The average Bonchev–Trinajstić information content (AvgIpc) is 2.46. The fourth-order valence-corrected chi connectivity index (χ4v) is 1.26. The molecule has 0 spiro atoms. The molecule has 0 aromatic rings. The summed E-state index contributed by atoms with van der Waals surface area (Å²) < 4.78 is 0. The molecule has 0 bridgehead atoms. The summed E-state index contributed by atoms with van der Waals surface area (Å²) in [6, 6.07) is 13.6. The van der Waals surface area contributed by atoms with Gasteiger partial charge in [-0.2, -0.15) is 0 Å². The molecule has 0 saturated carbocycles. The van der Waals surface area contributed by atoms with E-state index in [1.807, 2.05) is 42.5 Å². The van der Waals surface area contributed by atoms with Gasteiger partial charge in [0.05, 0.1) is 0 Å². The fourth-order valence-electron chi connectivity index (χ4n) is 1.26. The van der Waals surface area contributed by atoms with Gasteiger partial charge in [0.1, 0.15) is 6.29 Å². The van der Waals surface area contributed by atoms with Crippen molar-refractivity contribution >= 4 is 31.1 Å². The van der Waals surface area contributed by atoms with Gasteiger partial charge in [-0.15, -0.1) is 24.8 Å². The van der Waals surface area contributed by atoms with E-state index in [2.05, 4.69) is 0 Å². The normalized spacial score (nSPS) is 8.57. The van der Waals surface area contributed by atoms with Crippen molar-refractivity contribution in [3.05, 3.63) is 48.0 Å². The largest absolute Gasteiger partial charge is 0.298 e. The van der Waals surface area contributed by atoms with Crippen molar-refractivity contribution < 1.29 is 4.79 Å². The number of fused-ring (bicyclic) bond motifs is 1. The van der Waals surface area contributed by atoms with Gasteiger partial charge in [0.15, 0.2) is 0 Å². The predicted octanol–water partition coefficient (Wildman–Crippen LogP) is 3.45. The molecule has 0 aliphatic heterocycles. The van der Waals surface area contributed by atoms with Crippen molar-refractivity contribution in [3.63, 3.8) is 0 Å². The maximum absolute atomic E-state index is 10.4. The molecule has 2 aliphatic rings. The van der Waals surface area contributed by atoms with Crippen molar-refractivity contribution in [1.29, 1.82) is 0 Å². The van der Waals surface area contributed by atoms with Crippen LogP contribution in [-0.4, -0.2) is 6.29 Å². The molecule has 14 heavy (non-hydrogen) atoms. The molecule has 0 atom stereocenters. The van der Waals surface area contributed by atoms with E-state index < -0.39 is 0 Å². The lowest BCUT2D eigenvalue weighted by molar-refractivity contribution is 0.112. The minimum absolute atomic E-state index is 0. The van der Waals surface area contributed by atoms with Crippen LogP contribution in [0.25, 0.3) is 11.1 Å². The monoisotopic (exact) mass is 228 g/mol. The Labute approximate surface area is 95.3 Å². The lowest BCUT2D eigenvalue weighted by atomic mass is 10.2. The number of carbonyl (C=O) groups is 1. The number of rotatable bonds is 1. The first-order valence-electron chi connectivity index (χ1n) is 3.84. The zero-order chi connectivity index (χ0) is 8.39. The molecule has 0 fully saturated rings. The van der Waals surface area contributed by atoms with Crippen LogP contribution in [0, 0.1) is 0 Å². The number of hydrogen-bond donors (Lipinski definition) is 0. The molecule has 0 unspecified atom stereocenters. The zero-order valence-corrected chi connectivity index (χ0v) is 8.98. The topological polar surface area (TPSA) is 17.1 Å². The van der Waals surface area contributed by atoms with Gasteiger partial charge in [0.2, 0.25) is 0 Å². The standard InChI is InChI=1S/C11H8O.2ClH/c12-8-9-4-6-10-2-1-3-11(10)7-5-9;;/h1-8H;2*1H. The van der Waals surface area contributed by atoms with Crippen molar-refractivity contribution in [2.75, 3.05) is 0 Å². The summed E-state index contributed by atoms with van der Waals surface area (Å²) in [6.07, 6.45) is 0.860. The lowest BCUT2D eigenvalue weighted by Crippen LogP contribution is -1.69. The predicted molar refractivity (Wildman–Crippen MR) is 62.9 cm³/mol. The highest BCUT2D eigenvalue weighted by Crippen LogP contribution is 2.20. The summed E-state index contributed by atoms with van der Waals surface area (Å²) >= 11 is 0. The first-order chi connectivity index (χ1) is 5.90. The zero-order valence-electron chi connectivity index (χ0n) is 7.34. The van der Waals surface area contributed by atoms with E-state index in [9.17, 15) is 4.79 Å². The van der Waals surface area contributed by atoms with Gasteiger partial charge < -0.3 is 0 Å². The molecule has 0 N–H and O–H groups in total. The van der Waals surface area contributed by atoms with Crippen LogP contribution in [0.15, 0.2) is 42.5 Å². The third-order valence-corrected chi connectivity index (χ3v) is 1.93. The van der Waals surface area contributed by atoms with Crippen molar-refractivity contribution in [2.45, 2.75) is 0 Å². The molecule has 74 valence electrons. The Hall–Kier alpha value is -1.05. The molecular weight excluding hydrogens is 219 g/mol. The lowest BCUT2D eigenvalue weighted by Gasteiger charge is -1.85. The van der Waals surface area contributed by atoms with Crippen molar-refractivity contribution in [1.82, 2.24) is 0 Å². The summed E-state index contributed by atoms with van der Waals surface area (Å²) in [6.45, 7) is 0. The molecular formula is C11H10Cl2O. The van der Waals surface area contributed by atoms with E-state index in [0.717, 1.165) is 6.29 Å². The Bertz CT molecular complexity index is 356. The van der Waals surface area contributed by atoms with Gasteiger partial charge in [-0.05, 0) is 11.1 Å². The quantitative estimate of drug-likeness (QED) is 0.684. The fraction of sp³-hybridized carbons (Fsp3) is 0. The van der Waals surface area contributed by atoms with Gasteiger partial charge >= 0.3 is 0 Å². The SMILES string of the molecule is Cl.Cl.O=Cc1ccc2cccc-2cc1. The molecule has 0 aromatic heterocycles. The van der Waals surface area contributed by atoms with E-state index in [4.69, 9.17) is 0 Å². The molecule has 2 rings (SSSR count). The molecule has 0 saturated heterocycles. The highest BCUT2D eigenvalue weighted by Gasteiger charge is 1.97. The Kier molecular flexibility index (Phi) is 5.21. The molecule has 0 radical (unpaired) electrons. The molecule has 1 nitrogen and oxygen atoms in total. The van der Waals surface area contributed by atoms with E-state index >= 15 is 0 Å². The maximum Gasteiger partial charge on any atom is 0.150 e. The van der Waals surface area contributed by atoms with Gasteiger partial charge in [-0.3, -0.25) is 4.79 Å². The Morgan fingerprint density at radius 2 is 1.29 bits per heavy atom. The first-order valence-corrected chi connectivity index (χ1v) is 3.84.